The maximum absolute atomic E-state index is 14.2. The van der Waals surface area contributed by atoms with E-state index in [1.165, 1.54) is 36.2 Å². The van der Waals surface area contributed by atoms with Crippen molar-refractivity contribution in [2.75, 3.05) is 26.7 Å². The molecule has 0 fully saturated rings. The van der Waals surface area contributed by atoms with Crippen molar-refractivity contribution in [3.63, 3.8) is 0 Å². The molecule has 0 saturated heterocycles. The molecule has 3 aromatic rings. The zero-order chi connectivity index (χ0) is 38.4. The van der Waals surface area contributed by atoms with Crippen LogP contribution in [0.2, 0.25) is 0 Å². The van der Waals surface area contributed by atoms with Gasteiger partial charge in [0.05, 0.1) is 25.0 Å². The summed E-state index contributed by atoms with van der Waals surface area (Å²) in [6.45, 7) is 11.5. The number of alkyl carbamates (subject to hydrolysis) is 1. The van der Waals surface area contributed by atoms with Gasteiger partial charge in [0, 0.05) is 19.6 Å². The van der Waals surface area contributed by atoms with Crippen molar-refractivity contribution in [2.24, 2.45) is 5.92 Å². The molecule has 52 heavy (non-hydrogen) atoms. The van der Waals surface area contributed by atoms with Gasteiger partial charge in [-0.15, -0.1) is 0 Å². The molecule has 0 aliphatic heterocycles. The minimum Gasteiger partial charge on any atom is -0.508 e. The Labute approximate surface area is 306 Å². The Bertz CT molecular complexity index is 1630. The Morgan fingerprint density at radius 2 is 1.58 bits per heavy atom. The second-order valence-electron chi connectivity index (χ2n) is 13.8. The number of halogens is 1. The van der Waals surface area contributed by atoms with Crippen molar-refractivity contribution in [1.29, 1.82) is 0 Å². The van der Waals surface area contributed by atoms with Crippen LogP contribution in [0.5, 0.6) is 5.75 Å². The van der Waals surface area contributed by atoms with E-state index < -0.39 is 53.7 Å². The molecule has 0 aromatic heterocycles. The van der Waals surface area contributed by atoms with E-state index >= 15 is 0 Å². The van der Waals surface area contributed by atoms with Crippen LogP contribution in [0.3, 0.4) is 0 Å². The quantitative estimate of drug-likeness (QED) is 0.105. The summed E-state index contributed by atoms with van der Waals surface area (Å²) in [6.07, 6.45) is -1.37. The second kappa shape index (κ2) is 19.6. The van der Waals surface area contributed by atoms with Gasteiger partial charge in [0.1, 0.15) is 24.3 Å². The Morgan fingerprint density at radius 1 is 0.904 bits per heavy atom. The van der Waals surface area contributed by atoms with Crippen LogP contribution in [0.15, 0.2) is 72.8 Å². The average Bonchev–Trinajstić information content (AvgIpc) is 3.10. The number of nitrogens with zero attached hydrogens (tertiary/aromatic N) is 1. The number of carbonyl (C=O) groups excluding carboxylic acids is 4. The molecule has 0 aliphatic carbocycles. The smallest absolute Gasteiger partial charge is 0.409 e. The number of ether oxygens (including phenoxy) is 2. The molecular weight excluding hydrogens is 667 g/mol. The maximum atomic E-state index is 14.2. The van der Waals surface area contributed by atoms with Gasteiger partial charge < -0.3 is 35.4 Å². The highest BCUT2D eigenvalue weighted by Crippen LogP contribution is 2.31. The molecule has 0 heterocycles. The van der Waals surface area contributed by atoms with Gasteiger partial charge in [-0.1, -0.05) is 82.3 Å². The molecule has 3 rings (SSSR count). The predicted octanol–water partition coefficient (Wildman–Crippen LogP) is 5.55. The number of hydrogen-bond donors (Lipinski definition) is 4. The summed E-state index contributed by atoms with van der Waals surface area (Å²) in [5.41, 5.74) is 2.57. The topological polar surface area (TPSA) is 146 Å². The van der Waals surface area contributed by atoms with Gasteiger partial charge in [0.15, 0.2) is 0 Å². The number of benzene rings is 3. The minimum atomic E-state index is -1.13. The lowest BCUT2D eigenvalue weighted by Crippen LogP contribution is -2.58. The van der Waals surface area contributed by atoms with E-state index in [0.717, 1.165) is 16.7 Å². The number of likely N-dealkylation sites (N-methyl/N-ethyl adjacent to an activating group) is 1. The molecule has 0 bridgehead atoms. The molecule has 11 nitrogen and oxygen atoms in total. The number of carbonyl (C=O) groups is 4. The molecule has 4 atom stereocenters. The standard InChI is InChI=1S/C40H53FN4O7/c1-8-32(37(48)43-31(23-42-24-35(47)51-9-2)21-28-15-20-34(46)33(22-28)40(4,5)6)36(44-39(50)52-25-27-13-11-10-12-14-27)45(7)38(49)26(3)29-16-18-30(41)19-17-29/h10-20,22,26,31-32,36,42,46H,8-9,21,23-25H2,1-7H3,(H,43,48)(H,44,50). The first-order valence-electron chi connectivity index (χ1n) is 17.6. The van der Waals surface area contributed by atoms with Crippen molar-refractivity contribution < 1.29 is 38.1 Å². The molecule has 0 aliphatic rings. The lowest BCUT2D eigenvalue weighted by Gasteiger charge is -2.36. The first kappa shape index (κ1) is 41.5. The molecule has 0 saturated carbocycles. The van der Waals surface area contributed by atoms with Crippen LogP contribution in [-0.2, 0) is 42.3 Å². The van der Waals surface area contributed by atoms with Gasteiger partial charge in [-0.25, -0.2) is 9.18 Å². The third-order valence-electron chi connectivity index (χ3n) is 8.80. The third kappa shape index (κ3) is 12.4. The average molecular weight is 721 g/mol. The zero-order valence-corrected chi connectivity index (χ0v) is 31.2. The van der Waals surface area contributed by atoms with Crippen molar-refractivity contribution in [1.82, 2.24) is 20.9 Å². The number of hydrogen-bond acceptors (Lipinski definition) is 8. The lowest BCUT2D eigenvalue weighted by atomic mass is 9.84. The molecular formula is C40H53FN4O7. The largest absolute Gasteiger partial charge is 0.508 e. The van der Waals surface area contributed by atoms with Crippen LogP contribution < -0.4 is 16.0 Å². The molecule has 3 aromatic carbocycles. The summed E-state index contributed by atoms with van der Waals surface area (Å²) in [6, 6.07) is 19.4. The van der Waals surface area contributed by atoms with E-state index in [0.29, 0.717) is 12.0 Å². The summed E-state index contributed by atoms with van der Waals surface area (Å²) in [5, 5.41) is 19.4. The van der Waals surface area contributed by atoms with Gasteiger partial charge in [-0.3, -0.25) is 14.4 Å². The highest BCUT2D eigenvalue weighted by molar-refractivity contribution is 5.86. The van der Waals surface area contributed by atoms with Crippen LogP contribution >= 0.6 is 0 Å². The summed E-state index contributed by atoms with van der Waals surface area (Å²) >= 11 is 0. The van der Waals surface area contributed by atoms with Crippen LogP contribution in [0.25, 0.3) is 0 Å². The van der Waals surface area contributed by atoms with Gasteiger partial charge in [0.2, 0.25) is 11.8 Å². The molecule has 3 amide bonds. The normalized spacial score (nSPS) is 13.6. The predicted molar refractivity (Wildman–Crippen MR) is 197 cm³/mol. The number of nitrogens with one attached hydrogen (secondary N) is 3. The molecule has 4 N–H and O–H groups in total. The van der Waals surface area contributed by atoms with Gasteiger partial charge in [-0.05, 0) is 72.6 Å². The van der Waals surface area contributed by atoms with Crippen molar-refractivity contribution >= 4 is 23.9 Å². The minimum absolute atomic E-state index is 0.0244. The Balaban J connectivity index is 1.90. The number of amides is 3. The number of phenolic OH excluding ortho intramolecular Hbond substituents is 1. The van der Waals surface area contributed by atoms with Crippen LogP contribution in [0, 0.1) is 11.7 Å². The van der Waals surface area contributed by atoms with Crippen molar-refractivity contribution in [3.05, 3.63) is 101 Å². The van der Waals surface area contributed by atoms with Crippen LogP contribution in [-0.4, -0.2) is 72.8 Å². The van der Waals surface area contributed by atoms with Crippen LogP contribution in [0.4, 0.5) is 9.18 Å². The molecule has 282 valence electrons. The summed E-state index contributed by atoms with van der Waals surface area (Å²) in [7, 11) is 1.50. The van der Waals surface area contributed by atoms with E-state index in [1.807, 2.05) is 57.2 Å². The highest BCUT2D eigenvalue weighted by Gasteiger charge is 2.36. The summed E-state index contributed by atoms with van der Waals surface area (Å²) < 4.78 is 24.2. The first-order chi connectivity index (χ1) is 24.6. The fraction of sp³-hybridized carbons (Fsp3) is 0.450. The first-order valence-corrected chi connectivity index (χ1v) is 17.6. The molecule has 12 heteroatoms. The molecule has 0 spiro atoms. The van der Waals surface area contributed by atoms with E-state index in [1.54, 1.807) is 32.9 Å². The molecule has 4 unspecified atom stereocenters. The van der Waals surface area contributed by atoms with E-state index in [-0.39, 0.29) is 43.9 Å². The fourth-order valence-corrected chi connectivity index (χ4v) is 5.88. The maximum Gasteiger partial charge on any atom is 0.409 e. The van der Waals surface area contributed by atoms with Crippen molar-refractivity contribution in [2.45, 2.75) is 84.5 Å². The third-order valence-corrected chi connectivity index (χ3v) is 8.80. The Kier molecular flexibility index (Phi) is 15.6. The lowest BCUT2D eigenvalue weighted by molar-refractivity contribution is -0.142. The fourth-order valence-electron chi connectivity index (χ4n) is 5.88. The Hall–Kier alpha value is -4.97. The van der Waals surface area contributed by atoms with Crippen LogP contribution in [0.1, 0.15) is 76.1 Å². The van der Waals surface area contributed by atoms with Gasteiger partial charge in [-0.2, -0.15) is 0 Å². The summed E-state index contributed by atoms with van der Waals surface area (Å²) in [5.74, 6) is -3.21. The molecule has 0 radical (unpaired) electrons. The summed E-state index contributed by atoms with van der Waals surface area (Å²) in [4.78, 5) is 54.7. The van der Waals surface area contributed by atoms with Gasteiger partial charge >= 0.3 is 12.1 Å². The van der Waals surface area contributed by atoms with E-state index in [9.17, 15) is 28.7 Å². The van der Waals surface area contributed by atoms with Gasteiger partial charge in [0.25, 0.3) is 0 Å². The second-order valence-corrected chi connectivity index (χ2v) is 13.8. The Morgan fingerprint density at radius 3 is 2.19 bits per heavy atom. The number of rotatable bonds is 17. The van der Waals surface area contributed by atoms with Crippen molar-refractivity contribution in [3.8, 4) is 5.75 Å². The number of phenols is 1. The monoisotopic (exact) mass is 720 g/mol. The van der Waals surface area contributed by atoms with E-state index in [4.69, 9.17) is 9.47 Å². The van der Waals surface area contributed by atoms with E-state index in [2.05, 4.69) is 16.0 Å². The SMILES string of the molecule is CCOC(=O)CNCC(Cc1ccc(O)c(C(C)(C)C)c1)NC(=O)C(CC)C(NC(=O)OCc1ccccc1)N(C)C(=O)C(C)c1ccc(F)cc1. The number of aromatic hydroxyl groups is 1. The highest BCUT2D eigenvalue weighted by atomic mass is 19.1. The zero-order valence-electron chi connectivity index (χ0n) is 31.2. The number of esters is 1.